The maximum absolute atomic E-state index is 5.96. The molecule has 0 aliphatic heterocycles. The molecule has 4 heteroatoms. The van der Waals surface area contributed by atoms with Crippen molar-refractivity contribution >= 4 is 11.5 Å². The number of nitrogens with two attached hydrogens (primary N) is 1. The van der Waals surface area contributed by atoms with Gasteiger partial charge in [-0.15, -0.1) is 0 Å². The number of nitrogen functional groups attached to an aromatic ring is 1. The van der Waals surface area contributed by atoms with Gasteiger partial charge in [-0.3, -0.25) is 4.68 Å². The summed E-state index contributed by atoms with van der Waals surface area (Å²) in [6.07, 6.45) is 4.44. The van der Waals surface area contributed by atoms with Crippen molar-refractivity contribution in [3.05, 3.63) is 6.20 Å². The van der Waals surface area contributed by atoms with Gasteiger partial charge in [0.05, 0.1) is 5.69 Å². The zero-order valence-corrected chi connectivity index (χ0v) is 9.77. The van der Waals surface area contributed by atoms with E-state index in [1.807, 2.05) is 13.2 Å². The standard InChI is InChI=1S/C11H20N4/c1-8(2)6-15(9-4-5-9)11-10(12)7-14(3)13-11/h7-9H,4-6,12H2,1-3H3. The van der Waals surface area contributed by atoms with Crippen molar-refractivity contribution in [1.29, 1.82) is 0 Å². The van der Waals surface area contributed by atoms with E-state index in [1.165, 1.54) is 12.8 Å². The topological polar surface area (TPSA) is 47.1 Å². The molecule has 2 rings (SSSR count). The molecule has 1 fully saturated rings. The van der Waals surface area contributed by atoms with E-state index in [4.69, 9.17) is 5.73 Å². The Balaban J connectivity index is 2.19. The fraction of sp³-hybridized carbons (Fsp3) is 0.727. The molecular weight excluding hydrogens is 188 g/mol. The molecule has 1 heterocycles. The Morgan fingerprint density at radius 1 is 1.60 bits per heavy atom. The molecule has 1 aliphatic rings. The van der Waals surface area contributed by atoms with Crippen LogP contribution in [0.3, 0.4) is 0 Å². The van der Waals surface area contributed by atoms with Gasteiger partial charge in [-0.1, -0.05) is 13.8 Å². The molecule has 1 aromatic rings. The first-order valence-electron chi connectivity index (χ1n) is 5.63. The van der Waals surface area contributed by atoms with Crippen molar-refractivity contribution in [1.82, 2.24) is 9.78 Å². The third kappa shape index (κ3) is 2.25. The summed E-state index contributed by atoms with van der Waals surface area (Å²) < 4.78 is 1.79. The second-order valence-electron chi connectivity index (χ2n) is 4.86. The van der Waals surface area contributed by atoms with Gasteiger partial charge in [0.1, 0.15) is 0 Å². The highest BCUT2D eigenvalue weighted by Gasteiger charge is 2.31. The van der Waals surface area contributed by atoms with E-state index in [-0.39, 0.29) is 0 Å². The average molecular weight is 208 g/mol. The van der Waals surface area contributed by atoms with Crippen LogP contribution >= 0.6 is 0 Å². The van der Waals surface area contributed by atoms with Crippen LogP contribution in [0.1, 0.15) is 26.7 Å². The Morgan fingerprint density at radius 3 is 2.67 bits per heavy atom. The number of hydrogen-bond acceptors (Lipinski definition) is 3. The molecule has 0 radical (unpaired) electrons. The third-order valence-electron chi connectivity index (χ3n) is 2.66. The van der Waals surface area contributed by atoms with E-state index < -0.39 is 0 Å². The van der Waals surface area contributed by atoms with Gasteiger partial charge >= 0.3 is 0 Å². The van der Waals surface area contributed by atoms with E-state index in [1.54, 1.807) is 4.68 Å². The Hall–Kier alpha value is -1.19. The normalized spacial score (nSPS) is 16.0. The predicted octanol–water partition coefficient (Wildman–Crippen LogP) is 1.63. The summed E-state index contributed by atoms with van der Waals surface area (Å²) in [6, 6.07) is 0.671. The summed E-state index contributed by atoms with van der Waals surface area (Å²) in [5.41, 5.74) is 6.75. The number of hydrogen-bond donors (Lipinski definition) is 1. The Bertz CT molecular complexity index is 338. The summed E-state index contributed by atoms with van der Waals surface area (Å²) in [5, 5.41) is 4.44. The van der Waals surface area contributed by atoms with E-state index in [2.05, 4.69) is 23.8 Å². The molecule has 0 saturated heterocycles. The largest absolute Gasteiger partial charge is 0.394 e. The van der Waals surface area contributed by atoms with E-state index in [0.717, 1.165) is 18.1 Å². The van der Waals surface area contributed by atoms with Gasteiger partial charge in [0.15, 0.2) is 5.82 Å². The van der Waals surface area contributed by atoms with Crippen LogP contribution in [-0.4, -0.2) is 22.4 Å². The highest BCUT2D eigenvalue weighted by Crippen LogP contribution is 2.34. The van der Waals surface area contributed by atoms with Crippen molar-refractivity contribution < 1.29 is 0 Å². The Labute approximate surface area is 91.1 Å². The zero-order chi connectivity index (χ0) is 11.0. The van der Waals surface area contributed by atoms with Crippen LogP contribution in [0.4, 0.5) is 11.5 Å². The average Bonchev–Trinajstić information content (AvgIpc) is 2.89. The fourth-order valence-corrected chi connectivity index (χ4v) is 1.91. The molecule has 4 nitrogen and oxygen atoms in total. The maximum atomic E-state index is 5.96. The molecule has 1 aromatic heterocycles. The van der Waals surface area contributed by atoms with Crippen molar-refractivity contribution in [2.24, 2.45) is 13.0 Å². The van der Waals surface area contributed by atoms with Gasteiger partial charge < -0.3 is 10.6 Å². The molecule has 0 bridgehead atoms. The summed E-state index contributed by atoms with van der Waals surface area (Å²) in [5.74, 6) is 1.61. The van der Waals surface area contributed by atoms with Crippen LogP contribution in [0.25, 0.3) is 0 Å². The highest BCUT2D eigenvalue weighted by atomic mass is 15.4. The summed E-state index contributed by atoms with van der Waals surface area (Å²) in [7, 11) is 1.92. The van der Waals surface area contributed by atoms with E-state index in [0.29, 0.717) is 12.0 Å². The smallest absolute Gasteiger partial charge is 0.174 e. The lowest BCUT2D eigenvalue weighted by molar-refractivity contribution is 0.598. The first-order chi connectivity index (χ1) is 7.08. The zero-order valence-electron chi connectivity index (χ0n) is 9.77. The minimum absolute atomic E-state index is 0.645. The lowest BCUT2D eigenvalue weighted by Gasteiger charge is -2.24. The number of aryl methyl sites for hydroxylation is 1. The van der Waals surface area contributed by atoms with Crippen LogP contribution in [0.5, 0.6) is 0 Å². The second-order valence-corrected chi connectivity index (χ2v) is 4.86. The van der Waals surface area contributed by atoms with Crippen LogP contribution < -0.4 is 10.6 Å². The lowest BCUT2D eigenvalue weighted by Crippen LogP contribution is -2.30. The molecule has 84 valence electrons. The molecule has 2 N–H and O–H groups in total. The van der Waals surface area contributed by atoms with Crippen molar-refractivity contribution in [2.75, 3.05) is 17.2 Å². The first-order valence-corrected chi connectivity index (χ1v) is 5.63. The lowest BCUT2D eigenvalue weighted by atomic mass is 10.2. The Morgan fingerprint density at radius 2 is 2.27 bits per heavy atom. The Kier molecular flexibility index (Phi) is 2.59. The SMILES string of the molecule is CC(C)CN(c1nn(C)cc1N)C1CC1. The van der Waals surface area contributed by atoms with Gasteiger partial charge in [-0.2, -0.15) is 5.10 Å². The van der Waals surface area contributed by atoms with Crippen molar-refractivity contribution in [3.8, 4) is 0 Å². The third-order valence-corrected chi connectivity index (χ3v) is 2.66. The van der Waals surface area contributed by atoms with Crippen LogP contribution in [0.2, 0.25) is 0 Å². The first kappa shape index (κ1) is 10.3. The molecule has 0 atom stereocenters. The highest BCUT2D eigenvalue weighted by molar-refractivity contribution is 5.62. The van der Waals surface area contributed by atoms with Crippen molar-refractivity contribution in [2.45, 2.75) is 32.7 Å². The molecule has 1 aliphatic carbocycles. The van der Waals surface area contributed by atoms with Gasteiger partial charge in [0, 0.05) is 25.8 Å². The summed E-state index contributed by atoms with van der Waals surface area (Å²) in [4.78, 5) is 2.36. The summed E-state index contributed by atoms with van der Waals surface area (Å²) >= 11 is 0. The molecule has 0 spiro atoms. The predicted molar refractivity (Wildman–Crippen MR) is 62.8 cm³/mol. The molecule has 1 saturated carbocycles. The van der Waals surface area contributed by atoms with Gasteiger partial charge in [-0.05, 0) is 18.8 Å². The minimum atomic E-state index is 0.645. The fourth-order valence-electron chi connectivity index (χ4n) is 1.91. The van der Waals surface area contributed by atoms with Crippen molar-refractivity contribution in [3.63, 3.8) is 0 Å². The van der Waals surface area contributed by atoms with Crippen LogP contribution in [0, 0.1) is 5.92 Å². The van der Waals surface area contributed by atoms with Gasteiger partial charge in [0.25, 0.3) is 0 Å². The van der Waals surface area contributed by atoms with Gasteiger partial charge in [-0.25, -0.2) is 0 Å². The molecule has 0 aromatic carbocycles. The van der Waals surface area contributed by atoms with E-state index in [9.17, 15) is 0 Å². The van der Waals surface area contributed by atoms with Crippen LogP contribution in [0.15, 0.2) is 6.20 Å². The second kappa shape index (κ2) is 3.76. The maximum Gasteiger partial charge on any atom is 0.174 e. The molecule has 0 unspecified atom stereocenters. The summed E-state index contributed by atoms with van der Waals surface area (Å²) in [6.45, 7) is 5.51. The number of rotatable bonds is 4. The molecule has 0 amide bonds. The quantitative estimate of drug-likeness (QED) is 0.818. The number of nitrogens with zero attached hydrogens (tertiary/aromatic N) is 3. The molecule has 15 heavy (non-hydrogen) atoms. The number of aromatic nitrogens is 2. The van der Waals surface area contributed by atoms with Crippen LogP contribution in [-0.2, 0) is 7.05 Å². The minimum Gasteiger partial charge on any atom is -0.394 e. The van der Waals surface area contributed by atoms with Gasteiger partial charge in [0.2, 0.25) is 0 Å². The monoisotopic (exact) mass is 208 g/mol. The number of anilines is 2. The molecular formula is C11H20N4. The van der Waals surface area contributed by atoms with E-state index >= 15 is 0 Å².